The summed E-state index contributed by atoms with van der Waals surface area (Å²) in [4.78, 5) is 30.5. The van der Waals surface area contributed by atoms with Crippen LogP contribution in [0.15, 0.2) is 16.6 Å². The zero-order chi connectivity index (χ0) is 24.7. The Labute approximate surface area is 202 Å². The molecule has 0 bridgehead atoms. The van der Waals surface area contributed by atoms with Gasteiger partial charge < -0.3 is 21.7 Å². The molecule has 0 aromatic heterocycles. The van der Waals surface area contributed by atoms with E-state index in [-0.39, 0.29) is 17.8 Å². The SMILES string of the molecule is CCCCCCCCCCCC(=O)N(CCCCCN=C(N)N)CCCNC(=O)C=C(C)C. The second-order valence-corrected chi connectivity index (χ2v) is 9.19. The summed E-state index contributed by atoms with van der Waals surface area (Å²) in [5.74, 6) is 0.294. The Hall–Kier alpha value is -2.05. The molecule has 0 rings (SSSR count). The van der Waals surface area contributed by atoms with Crippen molar-refractivity contribution in [2.75, 3.05) is 26.2 Å². The van der Waals surface area contributed by atoms with Gasteiger partial charge in [0.15, 0.2) is 5.96 Å². The fourth-order valence-electron chi connectivity index (χ4n) is 3.70. The zero-order valence-electron chi connectivity index (χ0n) is 21.7. The third-order valence-corrected chi connectivity index (χ3v) is 5.55. The molecule has 0 radical (unpaired) electrons. The van der Waals surface area contributed by atoms with Crippen molar-refractivity contribution in [3.63, 3.8) is 0 Å². The standard InChI is InChI=1S/C26H51N5O2/c1-4-5-6-7-8-9-10-11-13-17-25(33)31(20-15-12-14-18-30-26(27)28)21-16-19-29-24(32)22-23(2)3/h22H,4-21H2,1-3H3,(H,29,32)(H4,27,28,30). The number of allylic oxidation sites excluding steroid dienone is 1. The van der Waals surface area contributed by atoms with Gasteiger partial charge in [-0.3, -0.25) is 14.6 Å². The van der Waals surface area contributed by atoms with Crippen LogP contribution in [0.4, 0.5) is 0 Å². The summed E-state index contributed by atoms with van der Waals surface area (Å²) in [7, 11) is 0. The lowest BCUT2D eigenvalue weighted by molar-refractivity contribution is -0.131. The van der Waals surface area contributed by atoms with E-state index in [4.69, 9.17) is 11.5 Å². The molecule has 0 aliphatic heterocycles. The van der Waals surface area contributed by atoms with E-state index in [9.17, 15) is 9.59 Å². The molecule has 0 aromatic rings. The van der Waals surface area contributed by atoms with Gasteiger partial charge in [0.2, 0.25) is 11.8 Å². The van der Waals surface area contributed by atoms with E-state index in [1.54, 1.807) is 6.08 Å². The van der Waals surface area contributed by atoms with Gasteiger partial charge in [-0.25, -0.2) is 0 Å². The molecular weight excluding hydrogens is 414 g/mol. The lowest BCUT2D eigenvalue weighted by Gasteiger charge is -2.23. The first-order chi connectivity index (χ1) is 15.9. The first-order valence-corrected chi connectivity index (χ1v) is 13.1. The molecule has 5 N–H and O–H groups in total. The maximum absolute atomic E-state index is 12.8. The summed E-state index contributed by atoms with van der Waals surface area (Å²) in [6.07, 6.45) is 17.1. The summed E-state index contributed by atoms with van der Waals surface area (Å²) in [5.41, 5.74) is 11.7. The first-order valence-electron chi connectivity index (χ1n) is 13.1. The Balaban J connectivity index is 4.26. The molecule has 0 unspecified atom stereocenters. The van der Waals surface area contributed by atoms with Crippen LogP contribution in [0.3, 0.4) is 0 Å². The third kappa shape index (κ3) is 21.6. The van der Waals surface area contributed by atoms with Crippen LogP contribution < -0.4 is 16.8 Å². The Morgan fingerprint density at radius 1 is 0.818 bits per heavy atom. The van der Waals surface area contributed by atoms with Gasteiger partial charge in [0.1, 0.15) is 0 Å². The quantitative estimate of drug-likeness (QED) is 0.0990. The van der Waals surface area contributed by atoms with E-state index in [0.717, 1.165) is 50.6 Å². The van der Waals surface area contributed by atoms with Gasteiger partial charge >= 0.3 is 0 Å². The molecule has 192 valence electrons. The molecule has 33 heavy (non-hydrogen) atoms. The number of aliphatic imine (C=N–C) groups is 1. The topological polar surface area (TPSA) is 114 Å². The van der Waals surface area contributed by atoms with Crippen molar-refractivity contribution >= 4 is 17.8 Å². The molecule has 0 saturated heterocycles. The van der Waals surface area contributed by atoms with E-state index < -0.39 is 0 Å². The maximum Gasteiger partial charge on any atom is 0.243 e. The first kappa shape index (κ1) is 30.9. The van der Waals surface area contributed by atoms with Crippen LogP contribution in [0.5, 0.6) is 0 Å². The number of carbonyl (C=O) groups is 2. The number of unbranched alkanes of at least 4 members (excludes halogenated alkanes) is 10. The highest BCUT2D eigenvalue weighted by Gasteiger charge is 2.12. The van der Waals surface area contributed by atoms with Crippen LogP contribution in [0.2, 0.25) is 0 Å². The molecule has 0 aromatic carbocycles. The smallest absolute Gasteiger partial charge is 0.243 e. The molecule has 0 spiro atoms. The van der Waals surface area contributed by atoms with E-state index >= 15 is 0 Å². The van der Waals surface area contributed by atoms with Gasteiger partial charge in [-0.05, 0) is 46.0 Å². The highest BCUT2D eigenvalue weighted by Crippen LogP contribution is 2.12. The van der Waals surface area contributed by atoms with E-state index in [0.29, 0.717) is 26.1 Å². The van der Waals surface area contributed by atoms with Crippen LogP contribution in [0.1, 0.15) is 111 Å². The minimum atomic E-state index is -0.0673. The molecule has 7 nitrogen and oxygen atoms in total. The van der Waals surface area contributed by atoms with Crippen molar-refractivity contribution in [3.05, 3.63) is 11.6 Å². The second kappa shape index (κ2) is 21.8. The van der Waals surface area contributed by atoms with Crippen molar-refractivity contribution in [3.8, 4) is 0 Å². The van der Waals surface area contributed by atoms with Gasteiger partial charge in [0.05, 0.1) is 0 Å². The summed E-state index contributed by atoms with van der Waals surface area (Å²) >= 11 is 0. The van der Waals surface area contributed by atoms with Crippen molar-refractivity contribution < 1.29 is 9.59 Å². The number of carbonyl (C=O) groups excluding carboxylic acids is 2. The summed E-state index contributed by atoms with van der Waals surface area (Å²) < 4.78 is 0. The Morgan fingerprint density at radius 3 is 2.00 bits per heavy atom. The van der Waals surface area contributed by atoms with Crippen molar-refractivity contribution in [2.45, 2.75) is 111 Å². The predicted molar refractivity (Wildman–Crippen MR) is 140 cm³/mol. The molecular formula is C26H51N5O2. The van der Waals surface area contributed by atoms with Crippen LogP contribution >= 0.6 is 0 Å². The average molecular weight is 466 g/mol. The average Bonchev–Trinajstić information content (AvgIpc) is 2.75. The number of nitrogens with zero attached hydrogens (tertiary/aromatic N) is 2. The molecule has 0 fully saturated rings. The normalized spacial score (nSPS) is 10.5. The van der Waals surface area contributed by atoms with Gasteiger partial charge in [0.25, 0.3) is 0 Å². The van der Waals surface area contributed by atoms with Gasteiger partial charge in [0, 0.05) is 38.7 Å². The van der Waals surface area contributed by atoms with E-state index in [2.05, 4.69) is 17.2 Å². The number of hydrogen-bond acceptors (Lipinski definition) is 3. The lowest BCUT2D eigenvalue weighted by Crippen LogP contribution is -2.35. The van der Waals surface area contributed by atoms with Crippen LogP contribution in [-0.4, -0.2) is 48.9 Å². The fourth-order valence-corrected chi connectivity index (χ4v) is 3.70. The van der Waals surface area contributed by atoms with Gasteiger partial charge in [-0.2, -0.15) is 0 Å². The van der Waals surface area contributed by atoms with Crippen LogP contribution in [0, 0.1) is 0 Å². The lowest BCUT2D eigenvalue weighted by atomic mass is 10.1. The minimum Gasteiger partial charge on any atom is -0.370 e. The summed E-state index contributed by atoms with van der Waals surface area (Å²) in [6.45, 7) is 8.69. The van der Waals surface area contributed by atoms with Gasteiger partial charge in [-0.15, -0.1) is 0 Å². The van der Waals surface area contributed by atoms with Crippen molar-refractivity contribution in [1.82, 2.24) is 10.2 Å². The number of rotatable bonds is 21. The Kier molecular flexibility index (Phi) is 20.4. The fraction of sp³-hybridized carbons (Fsp3) is 0.808. The van der Waals surface area contributed by atoms with E-state index in [1.165, 1.54) is 44.9 Å². The van der Waals surface area contributed by atoms with Crippen molar-refractivity contribution in [2.24, 2.45) is 16.5 Å². The number of amides is 2. The molecule has 0 saturated carbocycles. The second-order valence-electron chi connectivity index (χ2n) is 9.19. The zero-order valence-corrected chi connectivity index (χ0v) is 21.7. The number of nitrogens with two attached hydrogens (primary N) is 2. The number of guanidine groups is 1. The van der Waals surface area contributed by atoms with Crippen molar-refractivity contribution in [1.29, 1.82) is 0 Å². The summed E-state index contributed by atoms with van der Waals surface area (Å²) in [5, 5.41) is 2.90. The molecule has 0 aliphatic rings. The maximum atomic E-state index is 12.8. The summed E-state index contributed by atoms with van der Waals surface area (Å²) in [6, 6.07) is 0. The van der Waals surface area contributed by atoms with Crippen LogP contribution in [0.25, 0.3) is 0 Å². The Bertz CT molecular complexity index is 567. The monoisotopic (exact) mass is 465 g/mol. The van der Waals surface area contributed by atoms with Crippen LogP contribution in [-0.2, 0) is 9.59 Å². The largest absolute Gasteiger partial charge is 0.370 e. The molecule has 0 atom stereocenters. The highest BCUT2D eigenvalue weighted by molar-refractivity contribution is 5.87. The Morgan fingerprint density at radius 2 is 1.39 bits per heavy atom. The number of nitrogens with one attached hydrogen (secondary N) is 1. The molecule has 7 heteroatoms. The minimum absolute atomic E-state index is 0.0673. The number of hydrogen-bond donors (Lipinski definition) is 3. The molecule has 0 aliphatic carbocycles. The van der Waals surface area contributed by atoms with E-state index in [1.807, 2.05) is 18.7 Å². The third-order valence-electron chi connectivity index (χ3n) is 5.55. The highest BCUT2D eigenvalue weighted by atomic mass is 16.2. The van der Waals surface area contributed by atoms with Gasteiger partial charge in [-0.1, -0.05) is 63.9 Å². The molecule has 2 amide bonds. The predicted octanol–water partition coefficient (Wildman–Crippen LogP) is 4.65. The molecule has 0 heterocycles.